The minimum atomic E-state index is -0.665. The molecule has 5 rings (SSSR count). The molecule has 0 unspecified atom stereocenters. The summed E-state index contributed by atoms with van der Waals surface area (Å²) in [5.41, 5.74) is 3.02. The van der Waals surface area contributed by atoms with Crippen molar-refractivity contribution in [3.05, 3.63) is 77.4 Å². The molecule has 1 N–H and O–H groups in total. The van der Waals surface area contributed by atoms with Crippen LogP contribution in [0, 0.1) is 0 Å². The summed E-state index contributed by atoms with van der Waals surface area (Å²) in [7, 11) is 2.97. The van der Waals surface area contributed by atoms with E-state index in [1.165, 1.54) is 25.3 Å². The number of carbonyl (C=O) groups excluding carboxylic acids is 1. The maximum Gasteiger partial charge on any atom is 0.322 e. The van der Waals surface area contributed by atoms with Crippen LogP contribution in [0.3, 0.4) is 0 Å². The Bertz CT molecular complexity index is 1290. The molecule has 0 saturated carbocycles. The highest BCUT2D eigenvalue weighted by Gasteiger charge is 2.43. The molecule has 2 aromatic carbocycles. The number of halogens is 3. The van der Waals surface area contributed by atoms with Crippen LogP contribution in [0.2, 0.25) is 0 Å². The first-order valence-corrected chi connectivity index (χ1v) is 14.2. The molecule has 2 aliphatic heterocycles. The SMILES string of the molecule is COc1nc(OC)c(CN2C[C@@H]3CN(C(=O)CO)CCN3[C@H](C(c3ccccc3)c3ccccc3)C2)c(OCCF)n1.Cl.Cl. The van der Waals surface area contributed by atoms with Crippen LogP contribution >= 0.6 is 24.8 Å². The Labute approximate surface area is 269 Å². The van der Waals surface area contributed by atoms with Crippen molar-refractivity contribution in [2.75, 3.05) is 66.8 Å². The number of nitrogens with zero attached hydrogens (tertiary/aromatic N) is 5. The zero-order valence-corrected chi connectivity index (χ0v) is 26.5. The Hall–Kier alpha value is -3.22. The van der Waals surface area contributed by atoms with E-state index in [0.717, 1.165) is 0 Å². The maximum absolute atomic E-state index is 13.1. The largest absolute Gasteiger partial charge is 0.481 e. The van der Waals surface area contributed by atoms with E-state index >= 15 is 0 Å². The number of fused-ring (bicyclic) bond motifs is 1. The number of aliphatic hydroxyl groups is 1. The van der Waals surface area contributed by atoms with Crippen LogP contribution in [0.4, 0.5) is 4.39 Å². The van der Waals surface area contributed by atoms with Crippen LogP contribution in [0.5, 0.6) is 17.8 Å². The van der Waals surface area contributed by atoms with Gasteiger partial charge in [-0.05, 0) is 11.1 Å². The van der Waals surface area contributed by atoms with Crippen molar-refractivity contribution in [3.63, 3.8) is 0 Å². The van der Waals surface area contributed by atoms with Crippen molar-refractivity contribution in [1.82, 2.24) is 24.7 Å². The lowest BCUT2D eigenvalue weighted by molar-refractivity contribution is -0.139. The van der Waals surface area contributed by atoms with Crippen LogP contribution in [0.25, 0.3) is 0 Å². The van der Waals surface area contributed by atoms with Crippen molar-refractivity contribution in [2.45, 2.75) is 24.5 Å². The van der Waals surface area contributed by atoms with Crippen molar-refractivity contribution in [3.8, 4) is 17.8 Å². The van der Waals surface area contributed by atoms with E-state index in [2.05, 4.69) is 68.3 Å². The first-order valence-electron chi connectivity index (χ1n) is 14.2. The average Bonchev–Trinajstić information content (AvgIpc) is 3.04. The Morgan fingerprint density at radius 2 is 1.57 bits per heavy atom. The summed E-state index contributed by atoms with van der Waals surface area (Å²) in [5.74, 6) is 0.323. The number of benzene rings is 2. The number of amides is 1. The molecule has 1 aromatic heterocycles. The van der Waals surface area contributed by atoms with Gasteiger partial charge in [0, 0.05) is 57.3 Å². The first-order chi connectivity index (χ1) is 20.6. The Morgan fingerprint density at radius 1 is 0.932 bits per heavy atom. The van der Waals surface area contributed by atoms with E-state index < -0.39 is 13.3 Å². The quantitative estimate of drug-likeness (QED) is 0.335. The highest BCUT2D eigenvalue weighted by molar-refractivity contribution is 5.85. The third-order valence-electron chi connectivity index (χ3n) is 8.04. The van der Waals surface area contributed by atoms with Gasteiger partial charge in [0.1, 0.15) is 19.9 Å². The van der Waals surface area contributed by atoms with Crippen LogP contribution in [-0.2, 0) is 11.3 Å². The van der Waals surface area contributed by atoms with Gasteiger partial charge in [-0.15, -0.1) is 24.8 Å². The molecule has 3 heterocycles. The molecule has 2 fully saturated rings. The molecule has 2 saturated heterocycles. The van der Waals surface area contributed by atoms with E-state index in [4.69, 9.17) is 14.2 Å². The standard InChI is InChI=1S/C31H38FN5O5.2ClH/c1-40-29-25(30(42-16-13-32)34-31(33-29)41-2)19-35-17-24-18-36(27(39)21-38)14-15-37(24)26(20-35)28(22-9-5-3-6-10-22)23-11-7-4-8-12-23;;/h3-12,24,26,28,38H,13-21H2,1-2H3;2*1H/t24-,26+;;/m1../s1. The van der Waals surface area contributed by atoms with E-state index in [1.54, 1.807) is 4.90 Å². The molecule has 3 aromatic rings. The number of hydrogen-bond acceptors (Lipinski definition) is 9. The van der Waals surface area contributed by atoms with Gasteiger partial charge < -0.3 is 24.2 Å². The highest BCUT2D eigenvalue weighted by Crippen LogP contribution is 2.37. The molecule has 13 heteroatoms. The Kier molecular flexibility index (Phi) is 13.4. The van der Waals surface area contributed by atoms with Crippen LogP contribution < -0.4 is 14.2 Å². The van der Waals surface area contributed by atoms with Crippen molar-refractivity contribution in [1.29, 1.82) is 0 Å². The second-order valence-electron chi connectivity index (χ2n) is 10.5. The minimum Gasteiger partial charge on any atom is -0.481 e. The molecule has 2 aliphatic rings. The fraction of sp³-hybridized carbons (Fsp3) is 0.452. The van der Waals surface area contributed by atoms with Gasteiger partial charge in [-0.1, -0.05) is 60.7 Å². The van der Waals surface area contributed by atoms with Gasteiger partial charge in [-0.2, -0.15) is 9.97 Å². The molecule has 2 atom stereocenters. The normalized spacial score (nSPS) is 18.5. The zero-order chi connectivity index (χ0) is 29.5. The summed E-state index contributed by atoms with van der Waals surface area (Å²) in [6.07, 6.45) is 0. The van der Waals surface area contributed by atoms with Gasteiger partial charge in [0.25, 0.3) is 0 Å². The van der Waals surface area contributed by atoms with Crippen molar-refractivity contribution >= 4 is 30.7 Å². The number of alkyl halides is 1. The zero-order valence-electron chi connectivity index (χ0n) is 24.9. The fourth-order valence-electron chi connectivity index (χ4n) is 6.22. The van der Waals surface area contributed by atoms with Crippen LogP contribution in [0.15, 0.2) is 60.7 Å². The number of aromatic nitrogens is 2. The Morgan fingerprint density at radius 3 is 2.14 bits per heavy atom. The fourth-order valence-corrected chi connectivity index (χ4v) is 6.22. The monoisotopic (exact) mass is 651 g/mol. The molecule has 0 radical (unpaired) electrons. The molecule has 0 aliphatic carbocycles. The summed E-state index contributed by atoms with van der Waals surface area (Å²) in [6.45, 7) is 2.18. The van der Waals surface area contributed by atoms with Crippen molar-refractivity contribution < 1.29 is 28.5 Å². The summed E-state index contributed by atoms with van der Waals surface area (Å²) < 4.78 is 29.6. The number of carbonyl (C=O) groups is 1. The molecule has 10 nitrogen and oxygen atoms in total. The van der Waals surface area contributed by atoms with E-state index in [0.29, 0.717) is 50.7 Å². The summed E-state index contributed by atoms with van der Waals surface area (Å²) in [5, 5.41) is 9.58. The molecule has 44 heavy (non-hydrogen) atoms. The molecular weight excluding hydrogens is 612 g/mol. The lowest BCUT2D eigenvalue weighted by Gasteiger charge is -2.53. The maximum atomic E-state index is 13.1. The second-order valence-corrected chi connectivity index (χ2v) is 10.5. The molecule has 0 spiro atoms. The van der Waals surface area contributed by atoms with Gasteiger partial charge in [-0.25, -0.2) is 4.39 Å². The number of aliphatic hydroxyl groups excluding tert-OH is 1. The van der Waals surface area contributed by atoms with Crippen LogP contribution in [-0.4, -0.2) is 115 Å². The topological polar surface area (TPSA) is 100 Å². The van der Waals surface area contributed by atoms with Crippen LogP contribution in [0.1, 0.15) is 22.6 Å². The lowest BCUT2D eigenvalue weighted by Crippen LogP contribution is -2.67. The number of hydrogen-bond donors (Lipinski definition) is 1. The summed E-state index contributed by atoms with van der Waals surface area (Å²) in [4.78, 5) is 27.8. The van der Waals surface area contributed by atoms with Gasteiger partial charge in [0.15, 0.2) is 0 Å². The van der Waals surface area contributed by atoms with E-state index in [9.17, 15) is 14.3 Å². The van der Waals surface area contributed by atoms with Gasteiger partial charge in [0.05, 0.1) is 19.8 Å². The Balaban J connectivity index is 0.00000264. The van der Waals surface area contributed by atoms with Gasteiger partial charge in [-0.3, -0.25) is 14.6 Å². The summed E-state index contributed by atoms with van der Waals surface area (Å²) >= 11 is 0. The number of methoxy groups -OCH3 is 2. The van der Waals surface area contributed by atoms with E-state index in [1.807, 2.05) is 12.1 Å². The van der Waals surface area contributed by atoms with E-state index in [-0.39, 0.29) is 67.2 Å². The number of ether oxygens (including phenoxy) is 3. The average molecular weight is 653 g/mol. The highest BCUT2D eigenvalue weighted by atomic mass is 35.5. The molecule has 240 valence electrons. The smallest absolute Gasteiger partial charge is 0.322 e. The molecular formula is C31H40Cl2FN5O5. The third-order valence-corrected chi connectivity index (χ3v) is 8.04. The predicted octanol–water partition coefficient (Wildman–Crippen LogP) is 3.21. The number of piperazine rings is 2. The molecule has 1 amide bonds. The number of rotatable bonds is 11. The third kappa shape index (κ3) is 7.89. The molecule has 0 bridgehead atoms. The second kappa shape index (κ2) is 16.7. The van der Waals surface area contributed by atoms with Crippen molar-refractivity contribution in [2.24, 2.45) is 0 Å². The first kappa shape index (κ1) is 35.3. The summed E-state index contributed by atoms with van der Waals surface area (Å²) in [6, 6.07) is 21.1. The lowest BCUT2D eigenvalue weighted by atomic mass is 9.81. The van der Waals surface area contributed by atoms with Gasteiger partial charge in [0.2, 0.25) is 17.7 Å². The minimum absolute atomic E-state index is 0. The predicted molar refractivity (Wildman–Crippen MR) is 169 cm³/mol. The van der Waals surface area contributed by atoms with Gasteiger partial charge >= 0.3 is 6.01 Å².